The molecule has 0 unspecified atom stereocenters. The summed E-state index contributed by atoms with van der Waals surface area (Å²) in [7, 11) is 0. The molecule has 134 valence electrons. The van der Waals surface area contributed by atoms with E-state index in [9.17, 15) is 9.18 Å². The van der Waals surface area contributed by atoms with Crippen LogP contribution in [0.5, 0.6) is 0 Å². The topological polar surface area (TPSA) is 45.7 Å². The number of nitrogens with two attached hydrogens (primary N) is 1. The predicted octanol–water partition coefficient (Wildman–Crippen LogP) is 3.42. The first-order valence-corrected chi connectivity index (χ1v) is 9.48. The van der Waals surface area contributed by atoms with Crippen molar-refractivity contribution in [2.75, 3.05) is 6.54 Å². The SMILES string of the molecule is C[C@@H]([NH2+]CC(=O)N[C@@H](c1ccc(F)cc1)c1cccs1)c1ccccc1. The maximum absolute atomic E-state index is 13.2. The lowest BCUT2D eigenvalue weighted by molar-refractivity contribution is -0.682. The highest BCUT2D eigenvalue weighted by Crippen LogP contribution is 2.26. The molecule has 2 aromatic carbocycles. The monoisotopic (exact) mass is 369 g/mol. The van der Waals surface area contributed by atoms with E-state index in [4.69, 9.17) is 0 Å². The van der Waals surface area contributed by atoms with Gasteiger partial charge in [0, 0.05) is 10.4 Å². The van der Waals surface area contributed by atoms with Crippen LogP contribution in [0.2, 0.25) is 0 Å². The minimum atomic E-state index is -0.282. The van der Waals surface area contributed by atoms with Crippen LogP contribution in [0.4, 0.5) is 4.39 Å². The van der Waals surface area contributed by atoms with E-state index in [2.05, 4.69) is 24.4 Å². The zero-order valence-corrected chi connectivity index (χ0v) is 15.4. The number of benzene rings is 2. The van der Waals surface area contributed by atoms with Gasteiger partial charge in [-0.1, -0.05) is 48.5 Å². The number of hydrogen-bond donors (Lipinski definition) is 2. The molecular weight excluding hydrogens is 347 g/mol. The van der Waals surface area contributed by atoms with Crippen LogP contribution in [0.3, 0.4) is 0 Å². The maximum atomic E-state index is 13.2. The van der Waals surface area contributed by atoms with Crippen LogP contribution >= 0.6 is 11.3 Å². The molecule has 0 aliphatic carbocycles. The second-order valence-electron chi connectivity index (χ2n) is 6.21. The summed E-state index contributed by atoms with van der Waals surface area (Å²) in [6, 6.07) is 20.3. The quantitative estimate of drug-likeness (QED) is 0.659. The maximum Gasteiger partial charge on any atom is 0.275 e. The Kier molecular flexibility index (Phi) is 6.15. The Morgan fingerprint density at radius 1 is 1.04 bits per heavy atom. The molecule has 0 fully saturated rings. The summed E-state index contributed by atoms with van der Waals surface area (Å²) >= 11 is 1.57. The highest BCUT2D eigenvalue weighted by atomic mass is 32.1. The Hall–Kier alpha value is -2.50. The minimum absolute atomic E-state index is 0.0458. The largest absolute Gasteiger partial charge is 0.339 e. The van der Waals surface area contributed by atoms with Gasteiger partial charge in [0.2, 0.25) is 0 Å². The summed E-state index contributed by atoms with van der Waals surface area (Å²) in [5.41, 5.74) is 2.06. The average Bonchev–Trinajstić information content (AvgIpc) is 3.20. The zero-order chi connectivity index (χ0) is 18.4. The van der Waals surface area contributed by atoms with E-state index in [1.807, 2.05) is 41.0 Å². The van der Waals surface area contributed by atoms with Crippen molar-refractivity contribution in [2.24, 2.45) is 0 Å². The number of quaternary nitrogens is 1. The molecule has 0 bridgehead atoms. The van der Waals surface area contributed by atoms with Gasteiger partial charge >= 0.3 is 0 Å². The van der Waals surface area contributed by atoms with E-state index in [1.54, 1.807) is 23.5 Å². The van der Waals surface area contributed by atoms with Crippen LogP contribution in [0.25, 0.3) is 0 Å². The van der Waals surface area contributed by atoms with Gasteiger partial charge in [0.25, 0.3) is 5.91 Å². The average molecular weight is 369 g/mol. The molecule has 0 saturated heterocycles. The summed E-state index contributed by atoms with van der Waals surface area (Å²) in [6.07, 6.45) is 0. The number of amides is 1. The van der Waals surface area contributed by atoms with Crippen molar-refractivity contribution < 1.29 is 14.5 Å². The highest BCUT2D eigenvalue weighted by molar-refractivity contribution is 7.10. The first-order valence-electron chi connectivity index (χ1n) is 8.60. The second kappa shape index (κ2) is 8.74. The molecule has 3 nitrogen and oxygen atoms in total. The third kappa shape index (κ3) is 4.77. The van der Waals surface area contributed by atoms with Crippen LogP contribution in [0.1, 0.15) is 35.0 Å². The van der Waals surface area contributed by atoms with Gasteiger partial charge in [0.15, 0.2) is 6.54 Å². The normalized spacial score (nSPS) is 13.2. The smallest absolute Gasteiger partial charge is 0.275 e. The summed E-state index contributed by atoms with van der Waals surface area (Å²) in [5, 5.41) is 7.07. The molecular formula is C21H22FN2OS+. The number of nitrogens with one attached hydrogen (secondary N) is 1. The van der Waals surface area contributed by atoms with Crippen molar-refractivity contribution in [1.82, 2.24) is 5.32 Å². The van der Waals surface area contributed by atoms with E-state index in [0.717, 1.165) is 10.4 Å². The molecule has 0 spiro atoms. The summed E-state index contributed by atoms with van der Waals surface area (Å²) < 4.78 is 13.2. The van der Waals surface area contributed by atoms with Gasteiger partial charge < -0.3 is 10.6 Å². The molecule has 0 radical (unpaired) electrons. The Labute approximate surface area is 156 Å². The van der Waals surface area contributed by atoms with E-state index < -0.39 is 0 Å². The lowest BCUT2D eigenvalue weighted by atomic mass is 10.1. The fourth-order valence-electron chi connectivity index (χ4n) is 2.83. The molecule has 3 aromatic rings. The Bertz CT molecular complexity index is 819. The number of hydrogen-bond acceptors (Lipinski definition) is 2. The lowest BCUT2D eigenvalue weighted by Gasteiger charge is -2.18. The Morgan fingerprint density at radius 3 is 2.42 bits per heavy atom. The molecule has 2 atom stereocenters. The molecule has 0 aliphatic heterocycles. The fraction of sp³-hybridized carbons (Fsp3) is 0.190. The Balaban J connectivity index is 1.65. The van der Waals surface area contributed by atoms with Crippen molar-refractivity contribution in [3.8, 4) is 0 Å². The first kappa shape index (κ1) is 18.3. The van der Waals surface area contributed by atoms with Gasteiger partial charge in [-0.2, -0.15) is 0 Å². The number of carbonyl (C=O) groups excluding carboxylic acids is 1. The highest BCUT2D eigenvalue weighted by Gasteiger charge is 2.19. The molecule has 1 aromatic heterocycles. The third-order valence-corrected chi connectivity index (χ3v) is 5.26. The van der Waals surface area contributed by atoms with E-state index in [-0.39, 0.29) is 23.8 Å². The van der Waals surface area contributed by atoms with Crippen LogP contribution in [-0.2, 0) is 4.79 Å². The fourth-order valence-corrected chi connectivity index (χ4v) is 3.63. The molecule has 1 amide bonds. The summed E-state index contributed by atoms with van der Waals surface area (Å²) in [6.45, 7) is 2.42. The van der Waals surface area contributed by atoms with Gasteiger partial charge in [-0.3, -0.25) is 4.79 Å². The van der Waals surface area contributed by atoms with Crippen LogP contribution in [-0.4, -0.2) is 12.5 Å². The number of halogens is 1. The molecule has 26 heavy (non-hydrogen) atoms. The summed E-state index contributed by atoms with van der Waals surface area (Å²) in [4.78, 5) is 13.5. The van der Waals surface area contributed by atoms with Crippen LogP contribution in [0, 0.1) is 5.82 Å². The standard InChI is InChI=1S/C21H21FN2OS/c1-15(16-6-3-2-4-7-16)23-14-20(25)24-21(19-8-5-13-26-19)17-9-11-18(22)12-10-17/h2-13,15,21,23H,14H2,1H3,(H,24,25)/p+1/t15-,21+/m1/s1. The molecule has 0 saturated carbocycles. The number of thiophene rings is 1. The minimum Gasteiger partial charge on any atom is -0.339 e. The lowest BCUT2D eigenvalue weighted by Crippen LogP contribution is -2.87. The van der Waals surface area contributed by atoms with E-state index in [1.165, 1.54) is 17.7 Å². The molecule has 3 rings (SSSR count). The van der Waals surface area contributed by atoms with Crippen molar-refractivity contribution >= 4 is 17.2 Å². The van der Waals surface area contributed by atoms with Crippen molar-refractivity contribution in [1.29, 1.82) is 0 Å². The molecule has 5 heteroatoms. The predicted molar refractivity (Wildman–Crippen MR) is 102 cm³/mol. The van der Waals surface area contributed by atoms with Crippen LogP contribution in [0.15, 0.2) is 72.1 Å². The van der Waals surface area contributed by atoms with Crippen LogP contribution < -0.4 is 10.6 Å². The van der Waals surface area contributed by atoms with Gasteiger partial charge in [-0.15, -0.1) is 11.3 Å². The molecule has 1 heterocycles. The van der Waals surface area contributed by atoms with Gasteiger partial charge in [0.1, 0.15) is 11.9 Å². The third-order valence-electron chi connectivity index (χ3n) is 4.32. The van der Waals surface area contributed by atoms with Crippen molar-refractivity contribution in [3.05, 3.63) is 93.9 Å². The van der Waals surface area contributed by atoms with Crippen molar-refractivity contribution in [2.45, 2.75) is 19.0 Å². The Morgan fingerprint density at radius 2 is 1.77 bits per heavy atom. The van der Waals surface area contributed by atoms with E-state index in [0.29, 0.717) is 6.54 Å². The molecule has 3 N–H and O–H groups in total. The second-order valence-corrected chi connectivity index (χ2v) is 7.19. The van der Waals surface area contributed by atoms with Gasteiger partial charge in [-0.25, -0.2) is 4.39 Å². The van der Waals surface area contributed by atoms with Gasteiger partial charge in [0.05, 0.1) is 6.04 Å². The first-order chi connectivity index (χ1) is 12.6. The number of carbonyl (C=O) groups is 1. The van der Waals surface area contributed by atoms with Crippen molar-refractivity contribution in [3.63, 3.8) is 0 Å². The molecule has 0 aliphatic rings. The number of rotatable bonds is 7. The zero-order valence-electron chi connectivity index (χ0n) is 14.6. The van der Waals surface area contributed by atoms with E-state index >= 15 is 0 Å². The van der Waals surface area contributed by atoms with Gasteiger partial charge in [-0.05, 0) is 36.1 Å². The summed E-state index contributed by atoms with van der Waals surface area (Å²) in [5.74, 6) is -0.328.